The molecule has 5 heteroatoms. The second-order valence-electron chi connectivity index (χ2n) is 10.8. The van der Waals surface area contributed by atoms with E-state index in [0.29, 0.717) is 24.0 Å². The Bertz CT molecular complexity index is 1330. The number of aryl methyl sites for hydroxylation is 1. The molecule has 0 N–H and O–H groups in total. The van der Waals surface area contributed by atoms with Gasteiger partial charge in [0, 0.05) is 12.2 Å². The molecular formula is C29H31N3OS. The fourth-order valence-electron chi connectivity index (χ4n) is 7.77. The van der Waals surface area contributed by atoms with E-state index in [1.54, 1.807) is 16.9 Å². The third kappa shape index (κ3) is 3.16. The van der Waals surface area contributed by atoms with Crippen LogP contribution in [0.4, 0.5) is 0 Å². The zero-order valence-corrected chi connectivity index (χ0v) is 20.5. The van der Waals surface area contributed by atoms with Crippen LogP contribution < -0.4 is 4.74 Å². The van der Waals surface area contributed by atoms with Crippen molar-refractivity contribution in [3.8, 4) is 5.75 Å². The highest BCUT2D eigenvalue weighted by molar-refractivity contribution is 7.09. The molecule has 4 nitrogen and oxygen atoms in total. The number of nitrogens with zero attached hydrogens (tertiary/aromatic N) is 3. The topological polar surface area (TPSA) is 39.9 Å². The van der Waals surface area contributed by atoms with E-state index >= 15 is 0 Å². The molecule has 34 heavy (non-hydrogen) atoms. The van der Waals surface area contributed by atoms with E-state index in [2.05, 4.69) is 65.3 Å². The highest BCUT2D eigenvalue weighted by atomic mass is 32.1. The van der Waals surface area contributed by atoms with E-state index in [4.69, 9.17) is 9.72 Å². The third-order valence-electron chi connectivity index (χ3n) is 9.33. The summed E-state index contributed by atoms with van der Waals surface area (Å²) in [5.41, 5.74) is 7.77. The number of fused-ring (bicyclic) bond motifs is 6. The lowest BCUT2D eigenvalue weighted by Gasteiger charge is -2.51. The summed E-state index contributed by atoms with van der Waals surface area (Å²) in [5.74, 6) is 3.30. The Hall–Kier alpha value is -2.66. The number of para-hydroxylation sites is 2. The van der Waals surface area contributed by atoms with Crippen molar-refractivity contribution in [3.05, 3.63) is 76.5 Å². The van der Waals surface area contributed by atoms with Crippen LogP contribution in [0.1, 0.15) is 67.0 Å². The Morgan fingerprint density at radius 3 is 2.97 bits per heavy atom. The number of rotatable bonds is 4. The first kappa shape index (κ1) is 20.7. The molecule has 3 aliphatic carbocycles. The van der Waals surface area contributed by atoms with Gasteiger partial charge in [-0.05, 0) is 97.1 Å². The van der Waals surface area contributed by atoms with Gasteiger partial charge >= 0.3 is 0 Å². The molecule has 5 atom stereocenters. The zero-order valence-electron chi connectivity index (χ0n) is 19.7. The quantitative estimate of drug-likeness (QED) is 0.318. The Morgan fingerprint density at radius 1 is 1.12 bits per heavy atom. The number of hydrogen-bond acceptors (Lipinski definition) is 4. The maximum Gasteiger partial charge on any atom is 0.124 e. The van der Waals surface area contributed by atoms with Crippen LogP contribution in [-0.2, 0) is 13.0 Å². The lowest BCUT2D eigenvalue weighted by molar-refractivity contribution is 0.0331. The fraction of sp³-hybridized carbons (Fsp3) is 0.448. The smallest absolute Gasteiger partial charge is 0.124 e. The van der Waals surface area contributed by atoms with Crippen LogP contribution in [-0.4, -0.2) is 14.5 Å². The molecule has 4 aromatic rings. The first-order chi connectivity index (χ1) is 16.7. The summed E-state index contributed by atoms with van der Waals surface area (Å²) in [6.07, 6.45) is 11.7. The SMILES string of the molecule is C[C@]12CC[C@@H]3c4ccc(OCc5cncs5)cc4CC[C@H]3[C@@H]1CCC2n1cnc2ccccc21. The summed E-state index contributed by atoms with van der Waals surface area (Å²) in [6.45, 7) is 3.20. The molecule has 0 bridgehead atoms. The summed E-state index contributed by atoms with van der Waals surface area (Å²) >= 11 is 1.65. The molecule has 174 valence electrons. The highest BCUT2D eigenvalue weighted by Gasteiger charge is 2.55. The van der Waals surface area contributed by atoms with Gasteiger partial charge in [-0.25, -0.2) is 4.98 Å². The average Bonchev–Trinajstić information content (AvgIpc) is 3.60. The van der Waals surface area contributed by atoms with Gasteiger partial charge in [-0.3, -0.25) is 4.98 Å². The Kier molecular flexibility index (Phi) is 4.83. The minimum atomic E-state index is 0.361. The zero-order chi connectivity index (χ0) is 22.7. The predicted octanol–water partition coefficient (Wildman–Crippen LogP) is 7.17. The van der Waals surface area contributed by atoms with Crippen LogP contribution in [0.3, 0.4) is 0 Å². The number of benzene rings is 2. The maximum atomic E-state index is 6.09. The van der Waals surface area contributed by atoms with Gasteiger partial charge in [0.15, 0.2) is 0 Å². The molecule has 2 fully saturated rings. The van der Waals surface area contributed by atoms with Crippen molar-refractivity contribution < 1.29 is 4.74 Å². The lowest BCUT2D eigenvalue weighted by atomic mass is 9.55. The van der Waals surface area contributed by atoms with Crippen LogP contribution in [0.2, 0.25) is 0 Å². The number of hydrogen-bond donors (Lipinski definition) is 0. The molecule has 0 aliphatic heterocycles. The molecule has 2 aromatic heterocycles. The van der Waals surface area contributed by atoms with Crippen molar-refractivity contribution in [3.63, 3.8) is 0 Å². The van der Waals surface area contributed by atoms with E-state index in [1.165, 1.54) is 54.5 Å². The van der Waals surface area contributed by atoms with Crippen LogP contribution in [0.5, 0.6) is 5.75 Å². The van der Waals surface area contributed by atoms with E-state index < -0.39 is 0 Å². The highest BCUT2D eigenvalue weighted by Crippen LogP contribution is 2.64. The first-order valence-electron chi connectivity index (χ1n) is 12.8. The van der Waals surface area contributed by atoms with Gasteiger partial charge < -0.3 is 9.30 Å². The third-order valence-corrected chi connectivity index (χ3v) is 10.1. The lowest BCUT2D eigenvalue weighted by Crippen LogP contribution is -2.42. The number of aromatic nitrogens is 3. The Balaban J connectivity index is 1.14. The van der Waals surface area contributed by atoms with Gasteiger partial charge in [0.2, 0.25) is 0 Å². The van der Waals surface area contributed by atoms with Gasteiger partial charge in [-0.15, -0.1) is 11.3 Å². The van der Waals surface area contributed by atoms with Gasteiger partial charge in [0.25, 0.3) is 0 Å². The van der Waals surface area contributed by atoms with Crippen molar-refractivity contribution >= 4 is 22.4 Å². The minimum absolute atomic E-state index is 0.361. The van der Waals surface area contributed by atoms with Crippen LogP contribution in [0, 0.1) is 17.3 Å². The molecular weight excluding hydrogens is 438 g/mol. The van der Waals surface area contributed by atoms with Crippen LogP contribution in [0.25, 0.3) is 11.0 Å². The van der Waals surface area contributed by atoms with Crippen LogP contribution in [0.15, 0.2) is 60.5 Å². The number of imidazole rings is 1. The van der Waals surface area contributed by atoms with Crippen LogP contribution >= 0.6 is 11.3 Å². The summed E-state index contributed by atoms with van der Waals surface area (Å²) < 4.78 is 8.60. The molecule has 2 aromatic carbocycles. The molecule has 3 aliphatic rings. The maximum absolute atomic E-state index is 6.09. The normalized spacial score (nSPS) is 30.0. The molecule has 2 heterocycles. The van der Waals surface area contributed by atoms with Crippen molar-refractivity contribution in [1.29, 1.82) is 0 Å². The van der Waals surface area contributed by atoms with Gasteiger partial charge in [0.05, 0.1) is 27.7 Å². The van der Waals surface area contributed by atoms with E-state index in [-0.39, 0.29) is 0 Å². The molecule has 0 radical (unpaired) electrons. The molecule has 0 amide bonds. The first-order valence-corrected chi connectivity index (χ1v) is 13.6. The predicted molar refractivity (Wildman–Crippen MR) is 136 cm³/mol. The summed E-state index contributed by atoms with van der Waals surface area (Å²) in [6, 6.07) is 16.1. The summed E-state index contributed by atoms with van der Waals surface area (Å²) in [4.78, 5) is 10.1. The standard InChI is InChI=1S/C29H31N3OS/c1-29-13-12-23-22-9-7-20(33-16-21-15-30-18-34-21)14-19(22)6-8-24(23)25(29)10-11-28(29)32-17-31-26-4-2-3-5-27(26)32/h2-5,7,9,14-15,17-18,23-25,28H,6,8,10-13,16H2,1H3/t23-,24-,25+,28?,29+/m1/s1. The van der Waals surface area contributed by atoms with Gasteiger partial charge in [-0.2, -0.15) is 0 Å². The van der Waals surface area contributed by atoms with Crippen molar-refractivity contribution in [2.75, 3.05) is 0 Å². The van der Waals surface area contributed by atoms with E-state index in [1.807, 2.05) is 11.7 Å². The second kappa shape index (κ2) is 7.94. The molecule has 2 saturated carbocycles. The Labute approximate surface area is 205 Å². The fourth-order valence-corrected chi connectivity index (χ4v) is 8.28. The van der Waals surface area contributed by atoms with Gasteiger partial charge in [-0.1, -0.05) is 25.1 Å². The molecule has 7 rings (SSSR count). The van der Waals surface area contributed by atoms with E-state index in [9.17, 15) is 0 Å². The largest absolute Gasteiger partial charge is 0.488 e. The molecule has 0 spiro atoms. The van der Waals surface area contributed by atoms with Crippen molar-refractivity contribution in [2.45, 2.75) is 64.0 Å². The van der Waals surface area contributed by atoms with E-state index in [0.717, 1.165) is 23.1 Å². The number of ether oxygens (including phenoxy) is 1. The van der Waals surface area contributed by atoms with Crippen molar-refractivity contribution in [2.24, 2.45) is 17.3 Å². The minimum Gasteiger partial charge on any atom is -0.488 e. The molecule has 0 saturated heterocycles. The van der Waals surface area contributed by atoms with Gasteiger partial charge in [0.1, 0.15) is 12.4 Å². The monoisotopic (exact) mass is 469 g/mol. The Morgan fingerprint density at radius 2 is 2.06 bits per heavy atom. The summed E-state index contributed by atoms with van der Waals surface area (Å²) in [7, 11) is 0. The average molecular weight is 470 g/mol. The van der Waals surface area contributed by atoms with Crippen molar-refractivity contribution in [1.82, 2.24) is 14.5 Å². The number of thiazole rings is 1. The second-order valence-corrected chi connectivity index (χ2v) is 11.8. The summed E-state index contributed by atoms with van der Waals surface area (Å²) in [5, 5.41) is 0. The molecule has 1 unspecified atom stereocenters.